The predicted molar refractivity (Wildman–Crippen MR) is 64.6 cm³/mol. The predicted octanol–water partition coefficient (Wildman–Crippen LogP) is 0.994. The van der Waals surface area contributed by atoms with E-state index < -0.39 is 0 Å². The van der Waals surface area contributed by atoms with Crippen molar-refractivity contribution in [1.29, 1.82) is 0 Å². The second kappa shape index (κ2) is 7.19. The molecule has 0 aromatic carbocycles. The van der Waals surface area contributed by atoms with Gasteiger partial charge in [-0.2, -0.15) is 0 Å². The first-order valence-corrected chi connectivity index (χ1v) is 5.67. The molecule has 0 unspecified atom stereocenters. The Morgan fingerprint density at radius 1 is 1.50 bits per heavy atom. The van der Waals surface area contributed by atoms with Crippen molar-refractivity contribution in [3.63, 3.8) is 0 Å². The van der Waals surface area contributed by atoms with Crippen LogP contribution in [-0.2, 0) is 17.8 Å². The molecule has 1 aromatic heterocycles. The van der Waals surface area contributed by atoms with Crippen molar-refractivity contribution in [3.8, 4) is 0 Å². The molecule has 0 radical (unpaired) electrons. The maximum Gasteiger partial charge on any atom is 0.255 e. The number of ether oxygens (including phenoxy) is 1. The minimum absolute atomic E-state index is 0.106. The smallest absolute Gasteiger partial charge is 0.255 e. The molecule has 1 N–H and O–H groups in total. The molecule has 0 aliphatic rings. The van der Waals surface area contributed by atoms with Crippen molar-refractivity contribution in [2.24, 2.45) is 0 Å². The lowest BCUT2D eigenvalue weighted by atomic mass is 10.2. The van der Waals surface area contributed by atoms with Crippen LogP contribution in [0.2, 0.25) is 0 Å². The second-order valence-corrected chi connectivity index (χ2v) is 3.70. The zero-order valence-electron chi connectivity index (χ0n) is 10.0. The molecule has 16 heavy (non-hydrogen) atoms. The zero-order chi connectivity index (χ0) is 11.8. The number of hydrogen-bond acceptors (Lipinski definition) is 3. The fraction of sp³-hybridized carbons (Fsp3) is 0.583. The fourth-order valence-electron chi connectivity index (χ4n) is 1.54. The van der Waals surface area contributed by atoms with E-state index in [1.807, 2.05) is 18.3 Å². The van der Waals surface area contributed by atoms with Gasteiger partial charge in [0.2, 0.25) is 0 Å². The third-order valence-electron chi connectivity index (χ3n) is 2.36. The summed E-state index contributed by atoms with van der Waals surface area (Å²) in [5.74, 6) is 0. The van der Waals surface area contributed by atoms with Crippen LogP contribution in [0.25, 0.3) is 0 Å². The van der Waals surface area contributed by atoms with Crippen LogP contribution in [0.4, 0.5) is 0 Å². The molecule has 0 aliphatic heterocycles. The molecular formula is C12H20N2O2. The van der Waals surface area contributed by atoms with Crippen LogP contribution < -0.4 is 10.9 Å². The first-order valence-electron chi connectivity index (χ1n) is 5.67. The molecule has 0 spiro atoms. The number of aromatic nitrogens is 1. The number of rotatable bonds is 7. The van der Waals surface area contributed by atoms with Crippen LogP contribution in [0.15, 0.2) is 23.1 Å². The molecule has 90 valence electrons. The Labute approximate surface area is 96.2 Å². The number of nitrogens with one attached hydrogen (secondary N) is 1. The van der Waals surface area contributed by atoms with Gasteiger partial charge in [0.15, 0.2) is 0 Å². The minimum Gasteiger partial charge on any atom is -0.383 e. The topological polar surface area (TPSA) is 43.3 Å². The summed E-state index contributed by atoms with van der Waals surface area (Å²) in [6.07, 6.45) is 2.81. The van der Waals surface area contributed by atoms with E-state index in [1.165, 1.54) is 0 Å². The van der Waals surface area contributed by atoms with Crippen LogP contribution in [0, 0.1) is 0 Å². The average Bonchev–Trinajstić information content (AvgIpc) is 2.29. The number of hydrogen-bond donors (Lipinski definition) is 1. The number of aryl methyl sites for hydroxylation is 1. The molecule has 0 amide bonds. The van der Waals surface area contributed by atoms with Gasteiger partial charge in [-0.1, -0.05) is 13.0 Å². The molecule has 1 rings (SSSR count). The Bertz CT molecular complexity index is 360. The van der Waals surface area contributed by atoms with Crippen molar-refractivity contribution >= 4 is 0 Å². The number of nitrogens with zero attached hydrogens (tertiary/aromatic N) is 1. The van der Waals surface area contributed by atoms with Crippen LogP contribution in [0.1, 0.15) is 18.9 Å². The highest BCUT2D eigenvalue weighted by molar-refractivity contribution is 5.10. The summed E-state index contributed by atoms with van der Waals surface area (Å²) >= 11 is 0. The van der Waals surface area contributed by atoms with Crippen LogP contribution in [0.5, 0.6) is 0 Å². The summed E-state index contributed by atoms with van der Waals surface area (Å²) in [7, 11) is 1.67. The molecule has 1 aromatic rings. The molecular weight excluding hydrogens is 204 g/mol. The van der Waals surface area contributed by atoms with Gasteiger partial charge in [0, 0.05) is 38.5 Å². The average molecular weight is 224 g/mol. The molecule has 1 heterocycles. The summed E-state index contributed by atoms with van der Waals surface area (Å²) in [6, 6.07) is 3.79. The maximum atomic E-state index is 11.9. The second-order valence-electron chi connectivity index (χ2n) is 3.70. The van der Waals surface area contributed by atoms with E-state index in [1.54, 1.807) is 11.7 Å². The van der Waals surface area contributed by atoms with E-state index in [0.29, 0.717) is 13.2 Å². The van der Waals surface area contributed by atoms with Gasteiger partial charge < -0.3 is 14.6 Å². The summed E-state index contributed by atoms with van der Waals surface area (Å²) in [5, 5.41) is 3.17. The maximum absolute atomic E-state index is 11.9. The number of pyridine rings is 1. The molecule has 4 nitrogen and oxygen atoms in total. The Hall–Kier alpha value is -1.13. The van der Waals surface area contributed by atoms with Crippen molar-refractivity contribution in [2.75, 3.05) is 20.3 Å². The van der Waals surface area contributed by atoms with Gasteiger partial charge in [-0.25, -0.2) is 0 Å². The van der Waals surface area contributed by atoms with Crippen molar-refractivity contribution in [3.05, 3.63) is 34.2 Å². The van der Waals surface area contributed by atoms with Crippen molar-refractivity contribution in [2.45, 2.75) is 26.4 Å². The number of methoxy groups -OCH3 is 1. The molecule has 4 heteroatoms. The largest absolute Gasteiger partial charge is 0.383 e. The zero-order valence-corrected chi connectivity index (χ0v) is 10.0. The summed E-state index contributed by atoms with van der Waals surface area (Å²) in [5.41, 5.74) is 0.918. The summed E-state index contributed by atoms with van der Waals surface area (Å²) in [6.45, 7) is 4.88. The molecule has 0 fully saturated rings. The van der Waals surface area contributed by atoms with E-state index in [-0.39, 0.29) is 5.56 Å². The molecule has 0 atom stereocenters. The van der Waals surface area contributed by atoms with Gasteiger partial charge in [-0.3, -0.25) is 4.79 Å². The van der Waals surface area contributed by atoms with Crippen molar-refractivity contribution < 1.29 is 4.74 Å². The highest BCUT2D eigenvalue weighted by atomic mass is 16.5. The van der Waals surface area contributed by atoms with Gasteiger partial charge in [-0.05, 0) is 12.5 Å². The normalized spacial score (nSPS) is 10.6. The monoisotopic (exact) mass is 224 g/mol. The van der Waals surface area contributed by atoms with Gasteiger partial charge >= 0.3 is 0 Å². The van der Waals surface area contributed by atoms with Gasteiger partial charge in [0.1, 0.15) is 0 Å². The Morgan fingerprint density at radius 3 is 3.00 bits per heavy atom. The van der Waals surface area contributed by atoms with Gasteiger partial charge in [0.25, 0.3) is 5.56 Å². The Morgan fingerprint density at radius 2 is 2.31 bits per heavy atom. The quantitative estimate of drug-likeness (QED) is 0.702. The first kappa shape index (κ1) is 12.9. The Balaban J connectivity index is 2.59. The first-order chi connectivity index (χ1) is 7.79. The van der Waals surface area contributed by atoms with E-state index >= 15 is 0 Å². The van der Waals surface area contributed by atoms with Crippen LogP contribution in [-0.4, -0.2) is 24.8 Å². The van der Waals surface area contributed by atoms with E-state index in [9.17, 15) is 4.79 Å². The molecule has 0 saturated carbocycles. The van der Waals surface area contributed by atoms with Crippen LogP contribution in [0.3, 0.4) is 0 Å². The fourth-order valence-corrected chi connectivity index (χ4v) is 1.54. The summed E-state index contributed by atoms with van der Waals surface area (Å²) in [4.78, 5) is 11.9. The Kier molecular flexibility index (Phi) is 5.82. The molecule has 0 saturated heterocycles. The van der Waals surface area contributed by atoms with Gasteiger partial charge in [0.05, 0.1) is 6.61 Å². The van der Waals surface area contributed by atoms with E-state index in [2.05, 4.69) is 12.2 Å². The SMILES string of the molecule is CCCn1cccc(CNCCOC)c1=O. The van der Waals surface area contributed by atoms with E-state index in [4.69, 9.17) is 4.74 Å². The third kappa shape index (κ3) is 3.79. The summed E-state index contributed by atoms with van der Waals surface area (Å²) < 4.78 is 6.68. The molecule has 0 aliphatic carbocycles. The van der Waals surface area contributed by atoms with Crippen LogP contribution >= 0.6 is 0 Å². The van der Waals surface area contributed by atoms with Gasteiger partial charge in [-0.15, -0.1) is 0 Å². The standard InChI is InChI=1S/C12H20N2O2/c1-3-7-14-8-4-5-11(12(14)15)10-13-6-9-16-2/h4-5,8,13H,3,6-7,9-10H2,1-2H3. The van der Waals surface area contributed by atoms with Crippen molar-refractivity contribution in [1.82, 2.24) is 9.88 Å². The third-order valence-corrected chi connectivity index (χ3v) is 2.36. The lowest BCUT2D eigenvalue weighted by Crippen LogP contribution is -2.28. The molecule has 0 bridgehead atoms. The lowest BCUT2D eigenvalue weighted by molar-refractivity contribution is 0.199. The highest BCUT2D eigenvalue weighted by Gasteiger charge is 2.01. The highest BCUT2D eigenvalue weighted by Crippen LogP contribution is 1.93. The van der Waals surface area contributed by atoms with E-state index in [0.717, 1.165) is 25.1 Å². The minimum atomic E-state index is 0.106. The lowest BCUT2D eigenvalue weighted by Gasteiger charge is -2.07.